The van der Waals surface area contributed by atoms with Gasteiger partial charge in [0.25, 0.3) is 0 Å². The predicted octanol–water partition coefficient (Wildman–Crippen LogP) is -1.19. The van der Waals surface area contributed by atoms with Gasteiger partial charge in [0.1, 0.15) is 13.4 Å². The molecular formula is C13H24BN3O3. The van der Waals surface area contributed by atoms with E-state index < -0.39 is 11.5 Å². The van der Waals surface area contributed by atoms with E-state index in [1.54, 1.807) is 4.90 Å². The van der Waals surface area contributed by atoms with Crippen LogP contribution in [-0.4, -0.2) is 60.9 Å². The van der Waals surface area contributed by atoms with Crippen LogP contribution in [0.1, 0.15) is 25.7 Å². The summed E-state index contributed by atoms with van der Waals surface area (Å²) in [6, 6.07) is -0.155. The van der Waals surface area contributed by atoms with Gasteiger partial charge in [0.2, 0.25) is 5.91 Å². The van der Waals surface area contributed by atoms with Gasteiger partial charge in [-0.25, -0.2) is 0 Å². The molecule has 2 saturated heterocycles. The van der Waals surface area contributed by atoms with Crippen LogP contribution in [0.5, 0.6) is 0 Å². The van der Waals surface area contributed by atoms with Gasteiger partial charge in [0.05, 0.1) is 6.04 Å². The fourth-order valence-corrected chi connectivity index (χ4v) is 3.26. The third kappa shape index (κ3) is 2.83. The van der Waals surface area contributed by atoms with E-state index >= 15 is 0 Å². The molecule has 112 valence electrons. The smallest absolute Gasteiger partial charge is 0.325 e. The third-order valence-electron chi connectivity index (χ3n) is 4.60. The van der Waals surface area contributed by atoms with E-state index in [4.69, 9.17) is 5.73 Å². The first-order valence-electron chi connectivity index (χ1n) is 7.53. The van der Waals surface area contributed by atoms with E-state index in [0.29, 0.717) is 6.54 Å². The number of likely N-dealkylation sites (tertiary alicyclic amines) is 1. The van der Waals surface area contributed by atoms with E-state index in [2.05, 4.69) is 13.2 Å². The fourth-order valence-electron chi connectivity index (χ4n) is 3.26. The molecule has 2 aliphatic rings. The highest BCUT2D eigenvalue weighted by atomic mass is 16.4. The summed E-state index contributed by atoms with van der Waals surface area (Å²) in [4.78, 5) is 25.6. The van der Waals surface area contributed by atoms with E-state index in [0.717, 1.165) is 38.5 Å². The zero-order valence-corrected chi connectivity index (χ0v) is 12.1. The molecule has 0 aromatic rings. The van der Waals surface area contributed by atoms with Crippen molar-refractivity contribution in [3.8, 4) is 0 Å². The van der Waals surface area contributed by atoms with Gasteiger partial charge in [-0.1, -0.05) is 12.7 Å². The Balaban J connectivity index is 2.06. The SMILES string of the molecule is BCCC[C@H]1CN(C(=O)[C@@H]2CCCN2)C[C@@]1(N)C(=O)O. The summed E-state index contributed by atoms with van der Waals surface area (Å²) in [5, 5.41) is 12.6. The topological polar surface area (TPSA) is 95.7 Å². The summed E-state index contributed by atoms with van der Waals surface area (Å²) in [5.41, 5.74) is 4.81. The average Bonchev–Trinajstić information content (AvgIpc) is 3.04. The molecule has 2 aliphatic heterocycles. The normalized spacial score (nSPS) is 33.5. The molecule has 0 aliphatic carbocycles. The fraction of sp³-hybridized carbons (Fsp3) is 0.846. The maximum absolute atomic E-state index is 12.4. The van der Waals surface area contributed by atoms with Gasteiger partial charge < -0.3 is 21.1 Å². The minimum absolute atomic E-state index is 0.0116. The quantitative estimate of drug-likeness (QED) is 0.551. The summed E-state index contributed by atoms with van der Waals surface area (Å²) in [6.07, 6.45) is 4.54. The number of carboxylic acid groups (broad SMARTS) is 1. The lowest BCUT2D eigenvalue weighted by molar-refractivity contribution is -0.144. The van der Waals surface area contributed by atoms with Gasteiger partial charge >= 0.3 is 5.97 Å². The molecule has 0 unspecified atom stereocenters. The summed E-state index contributed by atoms with van der Waals surface area (Å²) in [6.45, 7) is 1.46. The van der Waals surface area contributed by atoms with Crippen LogP contribution in [0.25, 0.3) is 0 Å². The molecule has 4 N–H and O–H groups in total. The van der Waals surface area contributed by atoms with Gasteiger partial charge in [0.15, 0.2) is 0 Å². The second kappa shape index (κ2) is 6.14. The number of hydrogen-bond acceptors (Lipinski definition) is 4. The van der Waals surface area contributed by atoms with E-state index in [1.165, 1.54) is 0 Å². The highest BCUT2D eigenvalue weighted by Gasteiger charge is 2.51. The van der Waals surface area contributed by atoms with Crippen molar-refractivity contribution in [2.45, 2.75) is 43.6 Å². The number of rotatable bonds is 5. The second-order valence-electron chi connectivity index (χ2n) is 6.05. The molecule has 1 amide bonds. The lowest BCUT2D eigenvalue weighted by Crippen LogP contribution is -2.55. The number of amides is 1. The molecule has 2 rings (SSSR count). The van der Waals surface area contributed by atoms with Crippen LogP contribution in [0.15, 0.2) is 0 Å². The van der Waals surface area contributed by atoms with Gasteiger partial charge in [-0.3, -0.25) is 9.59 Å². The number of carboxylic acids is 1. The van der Waals surface area contributed by atoms with Crippen LogP contribution in [0, 0.1) is 5.92 Å². The maximum atomic E-state index is 12.4. The van der Waals surface area contributed by atoms with Crippen LogP contribution >= 0.6 is 0 Å². The number of nitrogens with one attached hydrogen (secondary N) is 1. The second-order valence-corrected chi connectivity index (χ2v) is 6.05. The van der Waals surface area contributed by atoms with Crippen molar-refractivity contribution in [3.05, 3.63) is 0 Å². The zero-order valence-electron chi connectivity index (χ0n) is 12.1. The van der Waals surface area contributed by atoms with Gasteiger partial charge in [-0.15, -0.1) is 0 Å². The molecular weight excluding hydrogens is 257 g/mol. The molecule has 0 aromatic carbocycles. The Morgan fingerprint density at radius 3 is 2.80 bits per heavy atom. The Morgan fingerprint density at radius 1 is 1.50 bits per heavy atom. The van der Waals surface area contributed by atoms with E-state index in [1.807, 2.05) is 0 Å². The van der Waals surface area contributed by atoms with Crippen LogP contribution in [-0.2, 0) is 9.59 Å². The Labute approximate surface area is 120 Å². The molecule has 0 saturated carbocycles. The lowest BCUT2D eigenvalue weighted by Gasteiger charge is -2.25. The average molecular weight is 281 g/mol. The van der Waals surface area contributed by atoms with Crippen LogP contribution in [0.2, 0.25) is 6.32 Å². The first-order chi connectivity index (χ1) is 9.49. The number of carbonyl (C=O) groups is 2. The number of aliphatic carboxylic acids is 1. The zero-order chi connectivity index (χ0) is 14.8. The van der Waals surface area contributed by atoms with Crippen molar-refractivity contribution in [2.75, 3.05) is 19.6 Å². The van der Waals surface area contributed by atoms with Gasteiger partial charge in [-0.05, 0) is 25.8 Å². The first-order valence-corrected chi connectivity index (χ1v) is 7.53. The standard InChI is InChI=1S/C13H24BN3O3/c14-5-1-3-9-7-17(8-13(9,15)12(19)20)11(18)10-4-2-6-16-10/h9-10,16H,1-8,14-15H2,(H,19,20)/t9-,10-,13-/m0/s1. The Bertz CT molecular complexity index is 387. The summed E-state index contributed by atoms with van der Waals surface area (Å²) < 4.78 is 0. The monoisotopic (exact) mass is 281 g/mol. The molecule has 6 nitrogen and oxygen atoms in total. The Morgan fingerprint density at radius 2 is 2.25 bits per heavy atom. The maximum Gasteiger partial charge on any atom is 0.325 e. The summed E-state index contributed by atoms with van der Waals surface area (Å²) in [5.74, 6) is -1.13. The number of hydrogen-bond donors (Lipinski definition) is 3. The molecule has 0 bridgehead atoms. The predicted molar refractivity (Wildman–Crippen MR) is 78.2 cm³/mol. The Hall–Kier alpha value is -1.08. The number of nitrogens with two attached hydrogens (primary N) is 1. The molecule has 0 spiro atoms. The minimum atomic E-state index is -1.29. The van der Waals surface area contributed by atoms with Crippen molar-refractivity contribution in [1.29, 1.82) is 0 Å². The van der Waals surface area contributed by atoms with Crippen LogP contribution in [0.3, 0.4) is 0 Å². The third-order valence-corrected chi connectivity index (χ3v) is 4.60. The lowest BCUT2D eigenvalue weighted by atomic mass is 9.83. The van der Waals surface area contributed by atoms with Gasteiger partial charge in [0, 0.05) is 19.0 Å². The van der Waals surface area contributed by atoms with Crippen molar-refractivity contribution in [1.82, 2.24) is 10.2 Å². The van der Waals surface area contributed by atoms with Crippen molar-refractivity contribution < 1.29 is 14.7 Å². The van der Waals surface area contributed by atoms with E-state index in [9.17, 15) is 14.7 Å². The molecule has 0 radical (unpaired) electrons. The molecule has 7 heteroatoms. The molecule has 3 atom stereocenters. The minimum Gasteiger partial charge on any atom is -0.480 e. The Kier molecular flexibility index (Phi) is 4.70. The summed E-state index contributed by atoms with van der Waals surface area (Å²) in [7, 11) is 2.07. The van der Waals surface area contributed by atoms with Crippen molar-refractivity contribution in [2.24, 2.45) is 11.7 Å². The first kappa shape index (κ1) is 15.3. The molecule has 2 heterocycles. The molecule has 0 aromatic heterocycles. The highest BCUT2D eigenvalue weighted by molar-refractivity contribution is 6.08. The van der Waals surface area contributed by atoms with Crippen LogP contribution < -0.4 is 11.1 Å². The molecule has 20 heavy (non-hydrogen) atoms. The number of carbonyl (C=O) groups excluding carboxylic acids is 1. The van der Waals surface area contributed by atoms with Crippen LogP contribution in [0.4, 0.5) is 0 Å². The highest BCUT2D eigenvalue weighted by Crippen LogP contribution is 2.31. The number of nitrogens with zero attached hydrogens (tertiary/aromatic N) is 1. The molecule has 2 fully saturated rings. The summed E-state index contributed by atoms with van der Waals surface area (Å²) >= 11 is 0. The van der Waals surface area contributed by atoms with Crippen molar-refractivity contribution >= 4 is 19.7 Å². The van der Waals surface area contributed by atoms with E-state index in [-0.39, 0.29) is 24.4 Å². The van der Waals surface area contributed by atoms with Crippen molar-refractivity contribution in [3.63, 3.8) is 0 Å². The van der Waals surface area contributed by atoms with Gasteiger partial charge in [-0.2, -0.15) is 0 Å². The largest absolute Gasteiger partial charge is 0.480 e.